The first-order valence-electron chi connectivity index (χ1n) is 11.2. The smallest absolute Gasteiger partial charge is 0.243 e. The first-order chi connectivity index (χ1) is 16.3. The van der Waals surface area contributed by atoms with E-state index in [1.165, 1.54) is 16.8 Å². The van der Waals surface area contributed by atoms with E-state index in [1.807, 2.05) is 12.1 Å². The molecule has 0 radical (unpaired) electrons. The number of carbonyl (C=O) groups is 1. The van der Waals surface area contributed by atoms with Gasteiger partial charge in [-0.15, -0.1) is 0 Å². The van der Waals surface area contributed by atoms with Gasteiger partial charge >= 0.3 is 0 Å². The second kappa shape index (κ2) is 13.5. The van der Waals surface area contributed by atoms with Gasteiger partial charge in [0.25, 0.3) is 0 Å². The van der Waals surface area contributed by atoms with Crippen molar-refractivity contribution in [2.45, 2.75) is 31.7 Å². The number of methoxy groups -OCH3 is 1. The Morgan fingerprint density at radius 3 is 2.15 bits per heavy atom. The summed E-state index contributed by atoms with van der Waals surface area (Å²) in [6.45, 7) is 7.66. The molecule has 9 heteroatoms. The molecule has 1 heterocycles. The first kappa shape index (κ1) is 27.8. The number of Topliss-reactive ketones (excluding diaryl/α,β-unsaturated/α-hetero) is 1. The Morgan fingerprint density at radius 2 is 1.68 bits per heavy atom. The van der Waals surface area contributed by atoms with Gasteiger partial charge in [-0.1, -0.05) is 49.4 Å². The van der Waals surface area contributed by atoms with Crippen LogP contribution in [0.1, 0.15) is 25.8 Å². The van der Waals surface area contributed by atoms with Crippen LogP contribution < -0.4 is 5.90 Å². The highest BCUT2D eigenvalue weighted by Gasteiger charge is 2.26. The summed E-state index contributed by atoms with van der Waals surface area (Å²) in [5.41, 5.74) is 3.95. The number of hydrogen-bond donors (Lipinski definition) is 2. The van der Waals surface area contributed by atoms with Crippen molar-refractivity contribution >= 4 is 15.8 Å². The third-order valence-corrected chi connectivity index (χ3v) is 7.75. The highest BCUT2D eigenvalue weighted by Crippen LogP contribution is 2.25. The number of nitrogens with zero attached hydrogens (tertiary/aromatic N) is 2. The zero-order valence-corrected chi connectivity index (χ0v) is 20.9. The van der Waals surface area contributed by atoms with E-state index < -0.39 is 10.0 Å². The summed E-state index contributed by atoms with van der Waals surface area (Å²) in [5, 5.41) is 6.50. The van der Waals surface area contributed by atoms with Crippen molar-refractivity contribution in [2.75, 3.05) is 39.9 Å². The summed E-state index contributed by atoms with van der Waals surface area (Å²) in [4.78, 5) is 14.1. The van der Waals surface area contributed by atoms with Gasteiger partial charge in [-0.3, -0.25) is 9.69 Å². The molecule has 0 aromatic heterocycles. The molecule has 186 valence electrons. The van der Waals surface area contributed by atoms with Gasteiger partial charge in [0.1, 0.15) is 0 Å². The van der Waals surface area contributed by atoms with Crippen molar-refractivity contribution in [3.63, 3.8) is 0 Å². The number of rotatable bonds is 10. The Labute approximate surface area is 202 Å². The number of nitrogens with two attached hydrogens (primary N) is 1. The molecule has 0 saturated heterocycles. The lowest BCUT2D eigenvalue weighted by atomic mass is 10.0. The van der Waals surface area contributed by atoms with E-state index in [9.17, 15) is 13.2 Å². The largest absolute Gasteiger partial charge is 0.383 e. The van der Waals surface area contributed by atoms with Gasteiger partial charge in [-0.25, -0.2) is 14.3 Å². The minimum absolute atomic E-state index is 0.00907. The van der Waals surface area contributed by atoms with Crippen LogP contribution in [0.3, 0.4) is 0 Å². The van der Waals surface area contributed by atoms with Gasteiger partial charge in [0.2, 0.25) is 10.0 Å². The SMILES string of the molecule is CCN(CCOC)Cc1ccc(-c2ccc(S(=O)(=O)N3CC=C(C(C)=O)CC3)cc2)cc1.NO. The van der Waals surface area contributed by atoms with Crippen LogP contribution in [-0.2, 0) is 26.1 Å². The third-order valence-electron chi connectivity index (χ3n) is 5.87. The second-order valence-electron chi connectivity index (χ2n) is 7.98. The van der Waals surface area contributed by atoms with E-state index in [1.54, 1.807) is 25.3 Å². The average molecular weight is 490 g/mol. The third kappa shape index (κ3) is 7.30. The minimum atomic E-state index is -3.58. The van der Waals surface area contributed by atoms with Crippen molar-refractivity contribution in [3.05, 3.63) is 65.7 Å². The maximum Gasteiger partial charge on any atom is 0.243 e. The number of carbonyl (C=O) groups excluding carboxylic acids is 1. The van der Waals surface area contributed by atoms with Crippen molar-refractivity contribution in [1.29, 1.82) is 0 Å². The van der Waals surface area contributed by atoms with Gasteiger partial charge in [0.15, 0.2) is 5.78 Å². The van der Waals surface area contributed by atoms with Crippen molar-refractivity contribution < 1.29 is 23.2 Å². The highest BCUT2D eigenvalue weighted by molar-refractivity contribution is 7.89. The fourth-order valence-electron chi connectivity index (χ4n) is 3.79. The molecule has 2 aromatic carbocycles. The lowest BCUT2D eigenvalue weighted by Gasteiger charge is -2.25. The van der Waals surface area contributed by atoms with Crippen LogP contribution in [0, 0.1) is 0 Å². The normalized spacial score (nSPS) is 14.4. The molecule has 1 aliphatic rings. The Hall–Kier alpha value is -2.40. The van der Waals surface area contributed by atoms with Crippen LogP contribution >= 0.6 is 0 Å². The predicted molar refractivity (Wildman–Crippen MR) is 133 cm³/mol. The summed E-state index contributed by atoms with van der Waals surface area (Å²) >= 11 is 0. The van der Waals surface area contributed by atoms with Gasteiger partial charge in [0.05, 0.1) is 11.5 Å². The number of hydrogen-bond acceptors (Lipinski definition) is 7. The number of ketones is 1. The van der Waals surface area contributed by atoms with Gasteiger partial charge in [-0.2, -0.15) is 4.31 Å². The molecule has 0 aliphatic carbocycles. The van der Waals surface area contributed by atoms with Crippen molar-refractivity contribution in [1.82, 2.24) is 9.21 Å². The maximum absolute atomic E-state index is 13.0. The van der Waals surface area contributed by atoms with E-state index in [2.05, 4.69) is 42.0 Å². The van der Waals surface area contributed by atoms with Crippen molar-refractivity contribution in [2.24, 2.45) is 5.90 Å². The molecule has 3 rings (SSSR count). The minimum Gasteiger partial charge on any atom is -0.383 e. The zero-order valence-electron chi connectivity index (χ0n) is 20.1. The van der Waals surface area contributed by atoms with E-state index in [4.69, 9.17) is 9.94 Å². The molecule has 0 fully saturated rings. The zero-order chi connectivity index (χ0) is 25.1. The van der Waals surface area contributed by atoms with E-state index in [0.717, 1.165) is 30.8 Å². The highest BCUT2D eigenvalue weighted by atomic mass is 32.2. The predicted octanol–water partition coefficient (Wildman–Crippen LogP) is 3.07. The summed E-state index contributed by atoms with van der Waals surface area (Å²) in [6.07, 6.45) is 2.17. The molecule has 8 nitrogen and oxygen atoms in total. The van der Waals surface area contributed by atoms with Crippen LogP contribution in [0.4, 0.5) is 0 Å². The molecular weight excluding hydrogens is 454 g/mol. The average Bonchev–Trinajstić information content (AvgIpc) is 2.88. The fraction of sp³-hybridized carbons (Fsp3) is 0.400. The molecule has 0 amide bonds. The maximum atomic E-state index is 13.0. The molecule has 0 atom stereocenters. The summed E-state index contributed by atoms with van der Waals surface area (Å²) in [6, 6.07) is 15.4. The molecular formula is C25H35N3O5S. The number of likely N-dealkylation sites (N-methyl/N-ethyl adjacent to an activating group) is 1. The van der Waals surface area contributed by atoms with Gasteiger partial charge in [-0.05, 0) is 54.3 Å². The lowest BCUT2D eigenvalue weighted by molar-refractivity contribution is -0.113. The Bertz CT molecular complexity index is 1050. The summed E-state index contributed by atoms with van der Waals surface area (Å²) in [5.74, 6) is 3.51. The molecule has 0 unspecified atom stereocenters. The summed E-state index contributed by atoms with van der Waals surface area (Å²) in [7, 11) is -1.86. The quantitative estimate of drug-likeness (QED) is 0.493. The topological polar surface area (TPSA) is 113 Å². The number of sulfonamides is 1. The van der Waals surface area contributed by atoms with E-state index in [0.29, 0.717) is 25.1 Å². The number of ether oxygens (including phenoxy) is 1. The van der Waals surface area contributed by atoms with Crippen LogP contribution in [0.25, 0.3) is 11.1 Å². The molecule has 34 heavy (non-hydrogen) atoms. The molecule has 1 aliphatic heterocycles. The van der Waals surface area contributed by atoms with Gasteiger partial charge in [0, 0.05) is 33.3 Å². The van der Waals surface area contributed by atoms with Gasteiger partial charge < -0.3 is 9.94 Å². The lowest BCUT2D eigenvalue weighted by Crippen LogP contribution is -2.35. The monoisotopic (exact) mass is 489 g/mol. The molecule has 2 aromatic rings. The Balaban J connectivity index is 0.00000199. The molecule has 3 N–H and O–H groups in total. The molecule has 0 spiro atoms. The first-order valence-corrected chi connectivity index (χ1v) is 12.7. The standard InChI is InChI=1S/C25H32N2O4S.H3NO/c1-4-26(17-18-31-3)19-21-5-7-23(8-6-21)24-9-11-25(12-10-24)32(29,30)27-15-13-22(14-16-27)20(2)28;1-2/h5-13H,4,14-19H2,1-3H3;2H,1H2. The summed E-state index contributed by atoms with van der Waals surface area (Å²) < 4.78 is 32.5. The van der Waals surface area contributed by atoms with Crippen LogP contribution in [-0.4, -0.2) is 68.5 Å². The van der Waals surface area contributed by atoms with Crippen LogP contribution in [0.2, 0.25) is 0 Å². The van der Waals surface area contributed by atoms with Crippen LogP contribution in [0.15, 0.2) is 65.1 Å². The second-order valence-corrected chi connectivity index (χ2v) is 9.92. The van der Waals surface area contributed by atoms with Crippen LogP contribution in [0.5, 0.6) is 0 Å². The van der Waals surface area contributed by atoms with E-state index in [-0.39, 0.29) is 17.2 Å². The Kier molecular flexibility index (Phi) is 11.0. The Morgan fingerprint density at radius 1 is 1.09 bits per heavy atom. The molecule has 0 bridgehead atoms. The van der Waals surface area contributed by atoms with Crippen molar-refractivity contribution in [3.8, 4) is 11.1 Å². The number of benzene rings is 2. The fourth-order valence-corrected chi connectivity index (χ4v) is 5.17. The van der Waals surface area contributed by atoms with E-state index >= 15 is 0 Å². The molecule has 0 saturated carbocycles.